The van der Waals surface area contributed by atoms with Gasteiger partial charge in [0, 0.05) is 11.3 Å². The Balaban J connectivity index is 2.09. The number of thiophene rings is 1. The molecule has 1 N–H and O–H groups in total. The number of aliphatic hydroxyl groups excluding tert-OH is 1. The first-order valence-electron chi connectivity index (χ1n) is 7.17. The van der Waals surface area contributed by atoms with E-state index in [1.807, 2.05) is 33.8 Å². The minimum absolute atomic E-state index is 0.0433. The summed E-state index contributed by atoms with van der Waals surface area (Å²) in [6.45, 7) is 7.60. The lowest BCUT2D eigenvalue weighted by Gasteiger charge is -2.32. The van der Waals surface area contributed by atoms with Crippen LogP contribution in [0.2, 0.25) is 0 Å². The van der Waals surface area contributed by atoms with Crippen molar-refractivity contribution in [1.82, 2.24) is 0 Å². The highest BCUT2D eigenvalue weighted by molar-refractivity contribution is 7.13. The molecule has 0 radical (unpaired) electrons. The molecule has 0 bridgehead atoms. The zero-order chi connectivity index (χ0) is 16.4. The topological polar surface area (TPSA) is 38.7 Å². The highest BCUT2D eigenvalue weighted by Gasteiger charge is 2.53. The SMILES string of the molecule is CC1(C)OB(C(F)=Cc2ccc(C#CCCO)s2)OC1(C)C. The first-order chi connectivity index (χ1) is 10.2. The van der Waals surface area contributed by atoms with E-state index < -0.39 is 24.0 Å². The van der Waals surface area contributed by atoms with E-state index in [1.165, 1.54) is 17.4 Å². The molecule has 22 heavy (non-hydrogen) atoms. The molecule has 0 aromatic carbocycles. The van der Waals surface area contributed by atoms with Gasteiger partial charge in [0.25, 0.3) is 0 Å². The Morgan fingerprint density at radius 1 is 1.32 bits per heavy atom. The molecule has 1 aliphatic heterocycles. The van der Waals surface area contributed by atoms with E-state index in [4.69, 9.17) is 14.4 Å². The summed E-state index contributed by atoms with van der Waals surface area (Å²) >= 11 is 1.39. The van der Waals surface area contributed by atoms with Gasteiger partial charge < -0.3 is 14.4 Å². The van der Waals surface area contributed by atoms with Crippen molar-refractivity contribution in [3.8, 4) is 11.8 Å². The van der Waals surface area contributed by atoms with Crippen molar-refractivity contribution in [2.75, 3.05) is 6.61 Å². The van der Waals surface area contributed by atoms with Crippen LogP contribution in [-0.4, -0.2) is 30.0 Å². The van der Waals surface area contributed by atoms with E-state index in [2.05, 4.69) is 11.8 Å². The lowest BCUT2D eigenvalue weighted by atomic mass is 9.87. The van der Waals surface area contributed by atoms with Crippen LogP contribution in [0.1, 0.15) is 43.9 Å². The van der Waals surface area contributed by atoms with Crippen LogP contribution in [0, 0.1) is 11.8 Å². The molecule has 0 spiro atoms. The van der Waals surface area contributed by atoms with Crippen molar-refractivity contribution in [2.24, 2.45) is 0 Å². The monoisotopic (exact) mass is 322 g/mol. The van der Waals surface area contributed by atoms with E-state index in [-0.39, 0.29) is 6.61 Å². The maximum absolute atomic E-state index is 14.3. The fourth-order valence-corrected chi connectivity index (χ4v) is 2.68. The maximum atomic E-state index is 14.3. The summed E-state index contributed by atoms with van der Waals surface area (Å²) in [4.78, 5) is 1.59. The number of hydrogen-bond donors (Lipinski definition) is 1. The number of rotatable bonds is 3. The van der Waals surface area contributed by atoms with Crippen LogP contribution in [-0.2, 0) is 9.31 Å². The number of halogens is 1. The van der Waals surface area contributed by atoms with Crippen molar-refractivity contribution < 1.29 is 18.8 Å². The summed E-state index contributed by atoms with van der Waals surface area (Å²) < 4.78 is 25.7. The Morgan fingerprint density at radius 2 is 1.95 bits per heavy atom. The van der Waals surface area contributed by atoms with Crippen LogP contribution in [0.25, 0.3) is 6.08 Å². The van der Waals surface area contributed by atoms with E-state index in [0.29, 0.717) is 6.42 Å². The predicted octanol–water partition coefficient (Wildman–Crippen LogP) is 3.42. The molecular weight excluding hydrogens is 302 g/mol. The first-order valence-corrected chi connectivity index (χ1v) is 7.99. The third-order valence-electron chi connectivity index (χ3n) is 3.83. The van der Waals surface area contributed by atoms with Gasteiger partial charge in [0.1, 0.15) is 5.73 Å². The lowest BCUT2D eigenvalue weighted by Crippen LogP contribution is -2.41. The van der Waals surface area contributed by atoms with Gasteiger partial charge in [0.05, 0.1) is 22.7 Å². The van der Waals surface area contributed by atoms with Gasteiger partial charge in [-0.15, -0.1) is 11.3 Å². The van der Waals surface area contributed by atoms with Crippen LogP contribution >= 0.6 is 11.3 Å². The number of hydrogen-bond acceptors (Lipinski definition) is 4. The molecule has 3 nitrogen and oxygen atoms in total. The summed E-state index contributed by atoms with van der Waals surface area (Å²) in [7, 11) is -0.976. The standard InChI is InChI=1S/C16H20BFO3S/c1-15(2)16(3,4)21-17(20-15)14(18)11-13-9-8-12(22-13)7-5-6-10-19/h8-9,11,19H,6,10H2,1-4H3. The molecule has 1 saturated heterocycles. The minimum atomic E-state index is -0.976. The predicted molar refractivity (Wildman–Crippen MR) is 88.1 cm³/mol. The smallest absolute Gasteiger partial charge is 0.398 e. The molecule has 0 amide bonds. The average molecular weight is 322 g/mol. The summed E-state index contributed by atoms with van der Waals surface area (Å²) in [6.07, 6.45) is 1.86. The summed E-state index contributed by atoms with van der Waals surface area (Å²) in [5.74, 6) is 5.77. The van der Waals surface area contributed by atoms with Gasteiger partial charge >= 0.3 is 7.12 Å². The first kappa shape index (κ1) is 17.2. The van der Waals surface area contributed by atoms with Crippen molar-refractivity contribution in [2.45, 2.75) is 45.3 Å². The molecule has 6 heteroatoms. The molecule has 2 heterocycles. The highest BCUT2D eigenvalue weighted by Crippen LogP contribution is 2.39. The van der Waals surface area contributed by atoms with Gasteiger partial charge in [-0.1, -0.05) is 11.8 Å². The number of aliphatic hydroxyl groups is 1. The summed E-state index contributed by atoms with van der Waals surface area (Å²) in [5, 5.41) is 8.69. The van der Waals surface area contributed by atoms with Crippen molar-refractivity contribution in [1.29, 1.82) is 0 Å². The Labute approximate surface area is 135 Å². The summed E-state index contributed by atoms with van der Waals surface area (Å²) in [6, 6.07) is 3.64. The molecule has 1 aromatic heterocycles. The lowest BCUT2D eigenvalue weighted by molar-refractivity contribution is 0.00578. The molecule has 1 aromatic rings. The molecule has 0 saturated carbocycles. The van der Waals surface area contributed by atoms with E-state index in [9.17, 15) is 4.39 Å². The zero-order valence-electron chi connectivity index (χ0n) is 13.3. The fraction of sp³-hybridized carbons (Fsp3) is 0.500. The van der Waals surface area contributed by atoms with Crippen LogP contribution in [0.3, 0.4) is 0 Å². The molecule has 0 unspecified atom stereocenters. The second-order valence-corrected chi connectivity index (χ2v) is 7.21. The average Bonchev–Trinajstić information content (AvgIpc) is 2.93. The third-order valence-corrected chi connectivity index (χ3v) is 4.78. The van der Waals surface area contributed by atoms with Gasteiger partial charge in [-0.3, -0.25) is 0 Å². The van der Waals surface area contributed by atoms with Crippen LogP contribution in [0.5, 0.6) is 0 Å². The van der Waals surface area contributed by atoms with Crippen molar-refractivity contribution >= 4 is 24.5 Å². The van der Waals surface area contributed by atoms with Crippen LogP contribution in [0.15, 0.2) is 17.9 Å². The molecule has 2 rings (SSSR count). The largest absolute Gasteiger partial charge is 0.525 e. The molecule has 118 valence electrons. The van der Waals surface area contributed by atoms with Gasteiger partial charge in [-0.05, 0) is 45.9 Å². The summed E-state index contributed by atoms with van der Waals surface area (Å²) in [5.41, 5.74) is -1.56. The van der Waals surface area contributed by atoms with Crippen molar-refractivity contribution in [3.63, 3.8) is 0 Å². The van der Waals surface area contributed by atoms with Crippen molar-refractivity contribution in [3.05, 3.63) is 27.6 Å². The van der Waals surface area contributed by atoms with Gasteiger partial charge in [0.15, 0.2) is 0 Å². The highest BCUT2D eigenvalue weighted by atomic mass is 32.1. The van der Waals surface area contributed by atoms with Gasteiger partial charge in [-0.25, -0.2) is 4.39 Å². The maximum Gasteiger partial charge on any atom is 0.525 e. The second kappa shape index (κ2) is 6.55. The molecule has 1 fully saturated rings. The Kier molecular flexibility index (Phi) is 5.13. The van der Waals surface area contributed by atoms with E-state index in [1.54, 1.807) is 6.07 Å². The Hall–Kier alpha value is -1.13. The molecule has 0 aliphatic carbocycles. The normalized spacial score (nSPS) is 19.9. The Morgan fingerprint density at radius 3 is 2.55 bits per heavy atom. The van der Waals surface area contributed by atoms with Gasteiger partial charge in [-0.2, -0.15) is 0 Å². The van der Waals surface area contributed by atoms with E-state index >= 15 is 0 Å². The molecular formula is C16H20BFO3S. The molecule has 0 atom stereocenters. The second-order valence-electron chi connectivity index (χ2n) is 6.09. The van der Waals surface area contributed by atoms with Crippen LogP contribution in [0.4, 0.5) is 4.39 Å². The quantitative estimate of drug-likeness (QED) is 0.684. The fourth-order valence-electron chi connectivity index (χ4n) is 1.86. The van der Waals surface area contributed by atoms with E-state index in [0.717, 1.165) is 9.75 Å². The minimum Gasteiger partial charge on any atom is -0.398 e. The van der Waals surface area contributed by atoms with Gasteiger partial charge in [0.2, 0.25) is 0 Å². The molecule has 1 aliphatic rings. The zero-order valence-corrected chi connectivity index (χ0v) is 14.1. The Bertz CT molecular complexity index is 609. The van der Waals surface area contributed by atoms with Crippen LogP contribution < -0.4 is 0 Å². The third kappa shape index (κ3) is 3.79.